The van der Waals surface area contributed by atoms with E-state index < -0.39 is 12.7 Å². The second-order valence-corrected chi connectivity index (χ2v) is 5.08. The highest BCUT2D eigenvalue weighted by Gasteiger charge is 2.30. The van der Waals surface area contributed by atoms with E-state index in [0.29, 0.717) is 16.1 Å². The van der Waals surface area contributed by atoms with Gasteiger partial charge in [0, 0.05) is 5.69 Å². The van der Waals surface area contributed by atoms with Crippen molar-refractivity contribution >= 4 is 5.69 Å². The molecule has 0 bridgehead atoms. The Bertz CT molecular complexity index is 826. The van der Waals surface area contributed by atoms with Crippen molar-refractivity contribution in [2.75, 3.05) is 5.32 Å². The molecule has 0 saturated heterocycles. The van der Waals surface area contributed by atoms with E-state index in [2.05, 4.69) is 31.2 Å². The third-order valence-electron chi connectivity index (χ3n) is 3.22. The smallest absolute Gasteiger partial charge is 0.390 e. The fraction of sp³-hybridized carbons (Fsp3) is 0.308. The molecule has 3 aromatic rings. The molecule has 0 saturated carbocycles. The van der Waals surface area contributed by atoms with Gasteiger partial charge in [-0.25, -0.2) is 9.36 Å². The number of anilines is 1. The van der Waals surface area contributed by atoms with Gasteiger partial charge in [0.05, 0.1) is 25.0 Å². The molecule has 0 fully saturated rings. The number of aliphatic hydroxyl groups excluding tert-OH is 1. The molecule has 0 unspecified atom stereocenters. The number of hydrogen-bond acceptors (Lipinski definition) is 7. The number of aromatic nitrogens is 7. The van der Waals surface area contributed by atoms with Gasteiger partial charge in [-0.2, -0.15) is 13.2 Å². The molecule has 1 aromatic carbocycles. The van der Waals surface area contributed by atoms with Crippen molar-refractivity contribution < 1.29 is 18.3 Å². The van der Waals surface area contributed by atoms with Crippen LogP contribution < -0.4 is 5.32 Å². The predicted octanol–water partition coefficient (Wildman–Crippen LogP) is 0.920. The summed E-state index contributed by atoms with van der Waals surface area (Å²) in [5.41, 5.74) is 1.84. The van der Waals surface area contributed by atoms with E-state index in [1.165, 1.54) is 4.68 Å². The summed E-state index contributed by atoms with van der Waals surface area (Å²) in [4.78, 5) is 0. The lowest BCUT2D eigenvalue weighted by atomic mass is 10.3. The zero-order valence-corrected chi connectivity index (χ0v) is 12.7. The zero-order valence-electron chi connectivity index (χ0n) is 12.7. The summed E-state index contributed by atoms with van der Waals surface area (Å²) in [6.45, 7) is -1.40. The van der Waals surface area contributed by atoms with Crippen LogP contribution in [0, 0.1) is 0 Å². The van der Waals surface area contributed by atoms with Crippen LogP contribution in [0.4, 0.5) is 18.9 Å². The maximum atomic E-state index is 12.4. The lowest BCUT2D eigenvalue weighted by Crippen LogP contribution is -2.21. The van der Waals surface area contributed by atoms with Crippen LogP contribution in [-0.4, -0.2) is 46.5 Å². The van der Waals surface area contributed by atoms with Crippen LogP contribution in [0.5, 0.6) is 0 Å². The molecule has 12 heteroatoms. The maximum absolute atomic E-state index is 12.4. The Balaban J connectivity index is 1.64. The van der Waals surface area contributed by atoms with Crippen LogP contribution in [-0.2, 0) is 19.7 Å². The molecule has 0 aliphatic heterocycles. The Morgan fingerprint density at radius 1 is 1.08 bits per heavy atom. The van der Waals surface area contributed by atoms with Gasteiger partial charge in [-0.1, -0.05) is 5.21 Å². The summed E-state index contributed by atoms with van der Waals surface area (Å²) in [5, 5.41) is 29.8. The van der Waals surface area contributed by atoms with Crippen LogP contribution in [0.25, 0.3) is 5.69 Å². The Morgan fingerprint density at radius 2 is 1.84 bits per heavy atom. The van der Waals surface area contributed by atoms with E-state index >= 15 is 0 Å². The number of halogens is 3. The Morgan fingerprint density at radius 3 is 2.48 bits per heavy atom. The first-order valence-electron chi connectivity index (χ1n) is 7.13. The molecule has 0 aliphatic carbocycles. The molecular formula is C13H13F3N8O. The van der Waals surface area contributed by atoms with E-state index in [0.717, 1.165) is 5.69 Å². The molecule has 0 atom stereocenters. The molecule has 0 aliphatic rings. The van der Waals surface area contributed by atoms with Gasteiger partial charge in [0.2, 0.25) is 0 Å². The van der Waals surface area contributed by atoms with Crippen molar-refractivity contribution in [2.45, 2.75) is 25.9 Å². The average Bonchev–Trinajstić information content (AvgIpc) is 3.21. The number of aliphatic hydroxyl groups is 1. The molecule has 132 valence electrons. The average molecular weight is 354 g/mol. The van der Waals surface area contributed by atoms with E-state index in [4.69, 9.17) is 5.11 Å². The molecule has 2 N–H and O–H groups in total. The van der Waals surface area contributed by atoms with E-state index in [1.54, 1.807) is 30.5 Å². The summed E-state index contributed by atoms with van der Waals surface area (Å²) in [7, 11) is 0. The van der Waals surface area contributed by atoms with E-state index in [9.17, 15) is 13.2 Å². The topological polar surface area (TPSA) is 107 Å². The van der Waals surface area contributed by atoms with E-state index in [-0.39, 0.29) is 19.0 Å². The van der Waals surface area contributed by atoms with Crippen molar-refractivity contribution in [1.82, 2.24) is 35.2 Å². The highest BCUT2D eigenvalue weighted by molar-refractivity contribution is 5.48. The van der Waals surface area contributed by atoms with Gasteiger partial charge in [0.25, 0.3) is 0 Å². The van der Waals surface area contributed by atoms with Crippen molar-refractivity contribution in [1.29, 1.82) is 0 Å². The molecule has 2 heterocycles. The Labute approximate surface area is 139 Å². The normalized spacial score (nSPS) is 11.7. The quantitative estimate of drug-likeness (QED) is 0.678. The molecule has 0 amide bonds. The minimum atomic E-state index is -4.39. The Kier molecular flexibility index (Phi) is 4.61. The minimum absolute atomic E-state index is 0.0421. The number of alkyl halides is 3. The SMILES string of the molecule is OCc1cn(-c2ccc(NCc3nnnn3CC(F)(F)F)cc2)nn1. The van der Waals surface area contributed by atoms with Crippen LogP contribution in [0.3, 0.4) is 0 Å². The third-order valence-corrected chi connectivity index (χ3v) is 3.22. The highest BCUT2D eigenvalue weighted by atomic mass is 19.4. The summed E-state index contributed by atoms with van der Waals surface area (Å²) in [5.74, 6) is 0.0743. The first-order chi connectivity index (χ1) is 11.9. The third kappa shape index (κ3) is 4.29. The van der Waals surface area contributed by atoms with Gasteiger partial charge in [0.15, 0.2) is 5.82 Å². The van der Waals surface area contributed by atoms with Crippen molar-refractivity contribution in [3.05, 3.63) is 42.0 Å². The van der Waals surface area contributed by atoms with Crippen LogP contribution in [0.1, 0.15) is 11.5 Å². The number of hydrogen-bond donors (Lipinski definition) is 2. The number of tetrazole rings is 1. The largest absolute Gasteiger partial charge is 0.408 e. The molecule has 25 heavy (non-hydrogen) atoms. The van der Waals surface area contributed by atoms with Crippen molar-refractivity contribution in [2.24, 2.45) is 0 Å². The van der Waals surface area contributed by atoms with Crippen LogP contribution in [0.15, 0.2) is 30.5 Å². The molecule has 0 radical (unpaired) electrons. The summed E-state index contributed by atoms with van der Waals surface area (Å²) < 4.78 is 39.5. The summed E-state index contributed by atoms with van der Waals surface area (Å²) in [6.07, 6.45) is -2.80. The first-order valence-corrected chi connectivity index (χ1v) is 7.13. The second-order valence-electron chi connectivity index (χ2n) is 5.08. The van der Waals surface area contributed by atoms with Gasteiger partial charge in [0.1, 0.15) is 12.2 Å². The number of rotatable bonds is 6. The fourth-order valence-electron chi connectivity index (χ4n) is 2.05. The lowest BCUT2D eigenvalue weighted by molar-refractivity contribution is -0.143. The molecule has 9 nitrogen and oxygen atoms in total. The van der Waals surface area contributed by atoms with Gasteiger partial charge >= 0.3 is 6.18 Å². The fourth-order valence-corrected chi connectivity index (χ4v) is 2.05. The van der Waals surface area contributed by atoms with E-state index in [1.807, 2.05) is 0 Å². The Hall–Kier alpha value is -3.02. The molecule has 2 aromatic heterocycles. The highest BCUT2D eigenvalue weighted by Crippen LogP contribution is 2.18. The van der Waals surface area contributed by atoms with Crippen molar-refractivity contribution in [3.63, 3.8) is 0 Å². The van der Waals surface area contributed by atoms with Crippen LogP contribution >= 0.6 is 0 Å². The molecule has 3 rings (SSSR count). The monoisotopic (exact) mass is 354 g/mol. The summed E-state index contributed by atoms with van der Waals surface area (Å²) in [6, 6.07) is 6.95. The zero-order chi connectivity index (χ0) is 17.9. The second kappa shape index (κ2) is 6.84. The minimum Gasteiger partial charge on any atom is -0.390 e. The maximum Gasteiger partial charge on any atom is 0.408 e. The molecular weight excluding hydrogens is 341 g/mol. The number of benzene rings is 1. The standard InChI is InChI=1S/C13H13F3N8O/c14-13(15,16)8-24-12(19-20-22-24)5-17-9-1-3-11(4-2-9)23-6-10(7-25)18-21-23/h1-4,6,17,25H,5,7-8H2. The van der Waals surface area contributed by atoms with Gasteiger partial charge in [-0.3, -0.25) is 0 Å². The first kappa shape index (κ1) is 16.8. The van der Waals surface area contributed by atoms with Gasteiger partial charge in [-0.15, -0.1) is 10.2 Å². The number of nitrogens with zero attached hydrogens (tertiary/aromatic N) is 7. The predicted molar refractivity (Wildman–Crippen MR) is 78.5 cm³/mol. The van der Waals surface area contributed by atoms with Crippen LogP contribution in [0.2, 0.25) is 0 Å². The van der Waals surface area contributed by atoms with Gasteiger partial charge < -0.3 is 10.4 Å². The number of nitrogens with one attached hydrogen (secondary N) is 1. The summed E-state index contributed by atoms with van der Waals surface area (Å²) >= 11 is 0. The lowest BCUT2D eigenvalue weighted by Gasteiger charge is -2.09. The van der Waals surface area contributed by atoms with Gasteiger partial charge in [-0.05, 0) is 34.7 Å². The van der Waals surface area contributed by atoms with Crippen molar-refractivity contribution in [3.8, 4) is 5.69 Å². The molecule has 0 spiro atoms.